The molecule has 5 heteroatoms. The quantitative estimate of drug-likeness (QED) is 0.722. The van der Waals surface area contributed by atoms with Gasteiger partial charge in [-0.25, -0.2) is 4.39 Å². The minimum atomic E-state index is -2.97. The van der Waals surface area contributed by atoms with Gasteiger partial charge in [-0.2, -0.15) is 0 Å². The summed E-state index contributed by atoms with van der Waals surface area (Å²) in [6.45, 7) is 1.23. The van der Waals surface area contributed by atoms with Gasteiger partial charge in [-0.3, -0.25) is 4.98 Å². The molecule has 1 aliphatic heterocycles. The van der Waals surface area contributed by atoms with Gasteiger partial charge in [-0.15, -0.1) is 0 Å². The summed E-state index contributed by atoms with van der Waals surface area (Å²) >= 11 is 0. The van der Waals surface area contributed by atoms with E-state index >= 15 is 0 Å². The average molecular weight is 257 g/mol. The zero-order valence-corrected chi connectivity index (χ0v) is 10.8. The number of halogens is 1. The molecule has 2 heterocycles. The summed E-state index contributed by atoms with van der Waals surface area (Å²) < 4.78 is 70.9. The van der Waals surface area contributed by atoms with Crippen LogP contribution < -0.4 is 5.46 Å². The predicted molar refractivity (Wildman–Crippen MR) is 69.4 cm³/mol. The first-order valence-corrected chi connectivity index (χ1v) is 5.63. The molecule has 2 rings (SSSR count). The van der Waals surface area contributed by atoms with Gasteiger partial charge in [0.2, 0.25) is 0 Å². The molecular formula is C13H19BFNO2. The lowest BCUT2D eigenvalue weighted by Gasteiger charge is -2.32. The Hall–Kier alpha value is -0.935. The van der Waals surface area contributed by atoms with E-state index in [1.165, 1.54) is 0 Å². The van der Waals surface area contributed by atoms with Crippen LogP contribution in [0.15, 0.2) is 6.20 Å². The second-order valence-electron chi connectivity index (χ2n) is 5.34. The summed E-state index contributed by atoms with van der Waals surface area (Å²) in [5.74, 6) is -1.19. The molecule has 0 saturated carbocycles. The molecule has 0 aromatic carbocycles. The van der Waals surface area contributed by atoms with Crippen LogP contribution in [0.3, 0.4) is 0 Å². The topological polar surface area (TPSA) is 31.4 Å². The Bertz CT molecular complexity index is 643. The van der Waals surface area contributed by atoms with E-state index in [1.807, 2.05) is 0 Å². The minimum absolute atomic E-state index is 0.229. The van der Waals surface area contributed by atoms with Crippen LogP contribution in [0.25, 0.3) is 0 Å². The molecule has 0 bridgehead atoms. The molecule has 18 heavy (non-hydrogen) atoms. The molecule has 1 saturated heterocycles. The van der Waals surface area contributed by atoms with Crippen molar-refractivity contribution in [2.75, 3.05) is 0 Å². The van der Waals surface area contributed by atoms with Crippen LogP contribution in [0.4, 0.5) is 4.39 Å². The SMILES string of the molecule is [2H]C([2H])([2H])c1ncc(B2OC(C)(C)C(C)(C)O2)c(F)c1C([2H])([2H])[2H]. The molecule has 0 spiro atoms. The number of aryl methyl sites for hydroxylation is 1. The standard InChI is InChI=1S/C13H19BFNO2/c1-8-9(2)16-7-10(11(8)15)14-17-12(3,4)13(5,6)18-14/h7H,1-6H3/i1D3,2D3. The Kier molecular flexibility index (Phi) is 1.70. The third kappa shape index (κ3) is 1.95. The van der Waals surface area contributed by atoms with E-state index in [2.05, 4.69) is 4.98 Å². The molecule has 0 N–H and O–H groups in total. The number of hydrogen-bond acceptors (Lipinski definition) is 3. The summed E-state index contributed by atoms with van der Waals surface area (Å²) in [5.41, 5.74) is -3.44. The normalized spacial score (nSPS) is 27.7. The van der Waals surface area contributed by atoms with Crippen LogP contribution in [0.2, 0.25) is 0 Å². The molecule has 0 aliphatic carbocycles. The van der Waals surface area contributed by atoms with Crippen molar-refractivity contribution in [3.63, 3.8) is 0 Å². The molecular weight excluding hydrogens is 232 g/mol. The largest absolute Gasteiger partial charge is 0.499 e. The van der Waals surface area contributed by atoms with Gasteiger partial charge in [0.1, 0.15) is 5.82 Å². The smallest absolute Gasteiger partial charge is 0.399 e. The van der Waals surface area contributed by atoms with Crippen molar-refractivity contribution in [1.82, 2.24) is 4.98 Å². The van der Waals surface area contributed by atoms with Gasteiger partial charge in [0, 0.05) is 31.1 Å². The van der Waals surface area contributed by atoms with Crippen LogP contribution in [-0.2, 0) is 9.31 Å². The Labute approximate surface area is 116 Å². The zero-order valence-electron chi connectivity index (χ0n) is 16.8. The highest BCUT2D eigenvalue weighted by atomic mass is 19.1. The fourth-order valence-electron chi connectivity index (χ4n) is 1.64. The molecule has 98 valence electrons. The Balaban J connectivity index is 2.60. The third-order valence-corrected chi connectivity index (χ3v) is 3.55. The summed E-state index contributed by atoms with van der Waals surface area (Å²) in [4.78, 5) is 3.69. The first kappa shape index (κ1) is 7.60. The van der Waals surface area contributed by atoms with Crippen molar-refractivity contribution in [3.05, 3.63) is 23.3 Å². The van der Waals surface area contributed by atoms with Gasteiger partial charge < -0.3 is 9.31 Å². The average Bonchev–Trinajstić information content (AvgIpc) is 2.54. The van der Waals surface area contributed by atoms with Gasteiger partial charge in [0.15, 0.2) is 0 Å². The van der Waals surface area contributed by atoms with Gasteiger partial charge in [-0.1, -0.05) is 0 Å². The fourth-order valence-corrected chi connectivity index (χ4v) is 1.64. The van der Waals surface area contributed by atoms with Gasteiger partial charge >= 0.3 is 7.12 Å². The van der Waals surface area contributed by atoms with E-state index in [9.17, 15) is 4.39 Å². The van der Waals surface area contributed by atoms with Crippen LogP contribution in [-0.4, -0.2) is 23.3 Å². The number of pyridine rings is 1. The molecule has 0 unspecified atom stereocenters. The van der Waals surface area contributed by atoms with E-state index in [1.54, 1.807) is 27.7 Å². The molecule has 1 aromatic rings. The lowest BCUT2D eigenvalue weighted by molar-refractivity contribution is 0.00578. The summed E-state index contributed by atoms with van der Waals surface area (Å²) in [6.07, 6.45) is 0.967. The van der Waals surface area contributed by atoms with Crippen LogP contribution >= 0.6 is 0 Å². The number of aromatic nitrogens is 1. The molecule has 0 atom stereocenters. The highest BCUT2D eigenvalue weighted by Crippen LogP contribution is 2.36. The van der Waals surface area contributed by atoms with Crippen molar-refractivity contribution < 1.29 is 21.9 Å². The lowest BCUT2D eigenvalue weighted by atomic mass is 9.79. The van der Waals surface area contributed by atoms with Crippen molar-refractivity contribution in [2.45, 2.75) is 52.6 Å². The fraction of sp³-hybridized carbons (Fsp3) is 0.615. The molecule has 0 amide bonds. The Morgan fingerprint density at radius 3 is 2.33 bits per heavy atom. The van der Waals surface area contributed by atoms with Crippen LogP contribution in [0.1, 0.15) is 47.2 Å². The van der Waals surface area contributed by atoms with E-state index in [0.29, 0.717) is 0 Å². The van der Waals surface area contributed by atoms with E-state index < -0.39 is 49.1 Å². The second-order valence-corrected chi connectivity index (χ2v) is 5.34. The zero-order chi connectivity index (χ0) is 18.7. The second kappa shape index (κ2) is 4.03. The highest BCUT2D eigenvalue weighted by molar-refractivity contribution is 6.62. The maximum atomic E-state index is 14.9. The van der Waals surface area contributed by atoms with Crippen molar-refractivity contribution in [3.8, 4) is 0 Å². The van der Waals surface area contributed by atoms with Crippen molar-refractivity contribution in [1.29, 1.82) is 0 Å². The number of rotatable bonds is 1. The molecule has 1 aromatic heterocycles. The summed E-state index contributed by atoms with van der Waals surface area (Å²) in [7, 11) is -1.17. The molecule has 1 fully saturated rings. The van der Waals surface area contributed by atoms with Gasteiger partial charge in [0.25, 0.3) is 0 Å². The maximum absolute atomic E-state index is 14.9. The van der Waals surface area contributed by atoms with Crippen molar-refractivity contribution >= 4 is 12.6 Å². The monoisotopic (exact) mass is 257 g/mol. The van der Waals surface area contributed by atoms with Crippen LogP contribution in [0.5, 0.6) is 0 Å². The molecule has 0 radical (unpaired) electrons. The first-order chi connectivity index (χ1) is 10.6. The lowest BCUT2D eigenvalue weighted by Crippen LogP contribution is -2.41. The maximum Gasteiger partial charge on any atom is 0.499 e. The van der Waals surface area contributed by atoms with Crippen LogP contribution in [0, 0.1) is 19.5 Å². The summed E-state index contributed by atoms with van der Waals surface area (Å²) in [6, 6.07) is 0. The Morgan fingerprint density at radius 1 is 1.22 bits per heavy atom. The highest BCUT2D eigenvalue weighted by Gasteiger charge is 2.52. The van der Waals surface area contributed by atoms with E-state index in [-0.39, 0.29) is 5.46 Å². The molecule has 3 nitrogen and oxygen atoms in total. The summed E-state index contributed by atoms with van der Waals surface area (Å²) in [5, 5.41) is 0. The number of hydrogen-bond donors (Lipinski definition) is 0. The Morgan fingerprint density at radius 2 is 1.83 bits per heavy atom. The minimum Gasteiger partial charge on any atom is -0.399 e. The van der Waals surface area contributed by atoms with E-state index in [0.717, 1.165) is 6.20 Å². The predicted octanol–water partition coefficient (Wildman–Crippen LogP) is 2.14. The molecule has 1 aliphatic rings. The number of nitrogens with zero attached hydrogens (tertiary/aromatic N) is 1. The van der Waals surface area contributed by atoms with Gasteiger partial charge in [0.05, 0.1) is 11.2 Å². The van der Waals surface area contributed by atoms with Gasteiger partial charge in [-0.05, 0) is 41.4 Å². The third-order valence-electron chi connectivity index (χ3n) is 3.55. The van der Waals surface area contributed by atoms with E-state index in [4.69, 9.17) is 17.5 Å². The first-order valence-electron chi connectivity index (χ1n) is 8.63. The van der Waals surface area contributed by atoms with Crippen molar-refractivity contribution in [2.24, 2.45) is 0 Å².